The van der Waals surface area contributed by atoms with Gasteiger partial charge >= 0.3 is 0 Å². The molecule has 2 atom stereocenters. The Morgan fingerprint density at radius 1 is 1.00 bits per heavy atom. The van der Waals surface area contributed by atoms with Crippen molar-refractivity contribution >= 4 is 12.6 Å². The van der Waals surface area contributed by atoms with Gasteiger partial charge in [-0.3, -0.25) is 0 Å². The molecule has 0 aromatic rings. The van der Waals surface area contributed by atoms with E-state index in [4.69, 9.17) is 0 Å². The van der Waals surface area contributed by atoms with E-state index in [0.717, 1.165) is 25.4 Å². The molecule has 0 N–H and O–H groups in total. The number of hydrogen-bond acceptors (Lipinski definition) is 2. The zero-order chi connectivity index (χ0) is 7.98. The molecule has 0 aliphatic rings. The zero-order valence-corrected chi connectivity index (χ0v) is 6.54. The average Bonchev–Trinajstić information content (AvgIpc) is 2.00. The van der Waals surface area contributed by atoms with Gasteiger partial charge in [0.1, 0.15) is 12.6 Å². The van der Waals surface area contributed by atoms with Crippen molar-refractivity contribution in [3.8, 4) is 0 Å². The van der Waals surface area contributed by atoms with Gasteiger partial charge in [0.05, 0.1) is 0 Å². The van der Waals surface area contributed by atoms with E-state index in [-0.39, 0.29) is 11.8 Å². The molecule has 0 fully saturated rings. The molecule has 0 spiro atoms. The van der Waals surface area contributed by atoms with Crippen LogP contribution >= 0.6 is 0 Å². The van der Waals surface area contributed by atoms with E-state index in [2.05, 4.69) is 0 Å². The van der Waals surface area contributed by atoms with Crippen molar-refractivity contribution in [2.24, 2.45) is 11.8 Å². The highest BCUT2D eigenvalue weighted by Gasteiger charge is 2.15. The molecule has 0 heterocycles. The van der Waals surface area contributed by atoms with Crippen LogP contribution in [0.15, 0.2) is 0 Å². The number of rotatable bonds is 5. The highest BCUT2D eigenvalue weighted by atomic mass is 16.1. The highest BCUT2D eigenvalue weighted by Crippen LogP contribution is 2.14. The molecule has 0 rings (SSSR count). The fourth-order valence-corrected chi connectivity index (χ4v) is 1.000. The number of aldehydes is 2. The molecule has 0 aromatic heterocycles. The number of carbonyl (C=O) groups is 2. The van der Waals surface area contributed by atoms with Crippen LogP contribution in [0.4, 0.5) is 0 Å². The molecular weight excluding hydrogens is 128 g/mol. The second-order valence-electron chi connectivity index (χ2n) is 2.42. The molecule has 10 heavy (non-hydrogen) atoms. The van der Waals surface area contributed by atoms with Crippen molar-refractivity contribution in [2.45, 2.75) is 26.7 Å². The van der Waals surface area contributed by atoms with Gasteiger partial charge in [-0.25, -0.2) is 0 Å². The van der Waals surface area contributed by atoms with Gasteiger partial charge in [-0.2, -0.15) is 0 Å². The number of hydrogen-bond donors (Lipinski definition) is 0. The van der Waals surface area contributed by atoms with E-state index in [1.807, 2.05) is 13.8 Å². The summed E-state index contributed by atoms with van der Waals surface area (Å²) in [4.78, 5) is 20.7. The lowest BCUT2D eigenvalue weighted by Crippen LogP contribution is -2.15. The van der Waals surface area contributed by atoms with Gasteiger partial charge in [0, 0.05) is 11.8 Å². The first-order valence-corrected chi connectivity index (χ1v) is 3.70. The second-order valence-corrected chi connectivity index (χ2v) is 2.42. The molecule has 0 saturated heterocycles. The Balaban J connectivity index is 3.93. The first-order valence-electron chi connectivity index (χ1n) is 3.70. The highest BCUT2D eigenvalue weighted by molar-refractivity contribution is 5.64. The standard InChI is InChI=1S/C8H14O2/c1-3-7(5-9)8(4-2)6-10/h5-8H,3-4H2,1-2H3. The van der Waals surface area contributed by atoms with Gasteiger partial charge in [-0.15, -0.1) is 0 Å². The first kappa shape index (κ1) is 9.34. The maximum Gasteiger partial charge on any atom is 0.123 e. The van der Waals surface area contributed by atoms with Crippen molar-refractivity contribution in [3.63, 3.8) is 0 Å². The van der Waals surface area contributed by atoms with Crippen LogP contribution in [-0.2, 0) is 9.59 Å². The van der Waals surface area contributed by atoms with Gasteiger partial charge in [0.15, 0.2) is 0 Å². The average molecular weight is 142 g/mol. The van der Waals surface area contributed by atoms with E-state index in [0.29, 0.717) is 0 Å². The summed E-state index contributed by atoms with van der Waals surface area (Å²) in [6.07, 6.45) is 3.28. The smallest absolute Gasteiger partial charge is 0.123 e. The van der Waals surface area contributed by atoms with Gasteiger partial charge < -0.3 is 9.59 Å². The lowest BCUT2D eigenvalue weighted by molar-refractivity contribution is -0.119. The second kappa shape index (κ2) is 5.15. The molecule has 0 radical (unpaired) electrons. The molecule has 0 bridgehead atoms. The fraction of sp³-hybridized carbons (Fsp3) is 0.750. The first-order chi connectivity index (χ1) is 4.79. The molecule has 2 heteroatoms. The van der Waals surface area contributed by atoms with E-state index < -0.39 is 0 Å². The topological polar surface area (TPSA) is 34.1 Å². The summed E-state index contributed by atoms with van der Waals surface area (Å²) in [7, 11) is 0. The largest absolute Gasteiger partial charge is 0.303 e. The Morgan fingerprint density at radius 3 is 1.40 bits per heavy atom. The van der Waals surface area contributed by atoms with Crippen LogP contribution in [0.25, 0.3) is 0 Å². The lowest BCUT2D eigenvalue weighted by Gasteiger charge is -2.12. The van der Waals surface area contributed by atoms with E-state index in [9.17, 15) is 9.59 Å². The summed E-state index contributed by atoms with van der Waals surface area (Å²) in [5.74, 6) is -0.134. The summed E-state index contributed by atoms with van der Waals surface area (Å²) < 4.78 is 0. The Morgan fingerprint density at radius 2 is 1.30 bits per heavy atom. The van der Waals surface area contributed by atoms with Gasteiger partial charge in [-0.1, -0.05) is 13.8 Å². The van der Waals surface area contributed by atoms with Crippen LogP contribution in [0.1, 0.15) is 26.7 Å². The molecule has 0 aromatic carbocycles. The third-order valence-corrected chi connectivity index (χ3v) is 1.84. The molecule has 2 nitrogen and oxygen atoms in total. The van der Waals surface area contributed by atoms with E-state index in [1.165, 1.54) is 0 Å². The van der Waals surface area contributed by atoms with Crippen molar-refractivity contribution in [3.05, 3.63) is 0 Å². The van der Waals surface area contributed by atoms with E-state index >= 15 is 0 Å². The maximum atomic E-state index is 10.3. The summed E-state index contributed by atoms with van der Waals surface area (Å²) in [6.45, 7) is 3.84. The molecular formula is C8H14O2. The zero-order valence-electron chi connectivity index (χ0n) is 6.54. The van der Waals surface area contributed by atoms with Crippen LogP contribution in [0.3, 0.4) is 0 Å². The van der Waals surface area contributed by atoms with Crippen molar-refractivity contribution in [2.75, 3.05) is 0 Å². The molecule has 0 amide bonds. The van der Waals surface area contributed by atoms with Crippen LogP contribution < -0.4 is 0 Å². The minimum atomic E-state index is -0.0671. The summed E-state index contributed by atoms with van der Waals surface area (Å²) in [6, 6.07) is 0. The van der Waals surface area contributed by atoms with Gasteiger partial charge in [0.2, 0.25) is 0 Å². The fourth-order valence-electron chi connectivity index (χ4n) is 1.000. The monoisotopic (exact) mass is 142 g/mol. The summed E-state index contributed by atoms with van der Waals surface area (Å²) in [5.41, 5.74) is 0. The lowest BCUT2D eigenvalue weighted by atomic mass is 9.91. The van der Waals surface area contributed by atoms with Gasteiger partial charge in [-0.05, 0) is 12.8 Å². The van der Waals surface area contributed by atoms with Gasteiger partial charge in [0.25, 0.3) is 0 Å². The van der Waals surface area contributed by atoms with Crippen LogP contribution in [0.2, 0.25) is 0 Å². The quantitative estimate of drug-likeness (QED) is 0.544. The van der Waals surface area contributed by atoms with Crippen LogP contribution in [0.5, 0.6) is 0 Å². The van der Waals surface area contributed by atoms with Crippen molar-refractivity contribution in [1.29, 1.82) is 0 Å². The Bertz CT molecular complexity index is 95.8. The normalized spacial score (nSPS) is 15.8. The van der Waals surface area contributed by atoms with Crippen molar-refractivity contribution < 1.29 is 9.59 Å². The third kappa shape index (κ3) is 2.29. The Kier molecular flexibility index (Phi) is 4.81. The minimum absolute atomic E-state index is 0.0671. The van der Waals surface area contributed by atoms with Crippen LogP contribution in [-0.4, -0.2) is 12.6 Å². The molecule has 0 aliphatic heterocycles. The molecule has 58 valence electrons. The number of carbonyl (C=O) groups excluding carboxylic acids is 2. The summed E-state index contributed by atoms with van der Waals surface area (Å²) in [5, 5.41) is 0. The minimum Gasteiger partial charge on any atom is -0.303 e. The van der Waals surface area contributed by atoms with Crippen LogP contribution in [0, 0.1) is 11.8 Å². The van der Waals surface area contributed by atoms with E-state index in [1.54, 1.807) is 0 Å². The SMILES string of the molecule is CCC(C=O)C(C=O)CC. The maximum absolute atomic E-state index is 10.3. The summed E-state index contributed by atoms with van der Waals surface area (Å²) >= 11 is 0. The predicted molar refractivity (Wildman–Crippen MR) is 39.7 cm³/mol. The van der Waals surface area contributed by atoms with Crippen molar-refractivity contribution in [1.82, 2.24) is 0 Å². The predicted octanol–water partition coefficient (Wildman–Crippen LogP) is 1.44. The Hall–Kier alpha value is -0.660. The Labute approximate surface area is 61.6 Å². The molecule has 0 aliphatic carbocycles. The third-order valence-electron chi connectivity index (χ3n) is 1.84. The molecule has 0 saturated carbocycles. The molecule has 2 unspecified atom stereocenters.